The first-order valence-corrected chi connectivity index (χ1v) is 9.55. The van der Waals surface area contributed by atoms with Gasteiger partial charge in [-0.1, -0.05) is 18.2 Å². The number of carbonyl (C=O) groups is 1. The molecule has 2 aliphatic heterocycles. The number of aromatic nitrogens is 2. The van der Waals surface area contributed by atoms with Gasteiger partial charge in [0.2, 0.25) is 0 Å². The Morgan fingerprint density at radius 1 is 1.12 bits per heavy atom. The molecule has 2 fully saturated rings. The van der Waals surface area contributed by atoms with E-state index in [9.17, 15) is 4.79 Å². The number of carbonyl (C=O) groups excluding carboxylic acids is 1. The second-order valence-electron chi connectivity index (χ2n) is 7.15. The number of para-hydroxylation sites is 1. The average molecular weight is 354 g/mol. The minimum Gasteiger partial charge on any atom is -0.487 e. The third-order valence-corrected chi connectivity index (χ3v) is 5.40. The summed E-state index contributed by atoms with van der Waals surface area (Å²) in [6.45, 7) is 4.47. The summed E-state index contributed by atoms with van der Waals surface area (Å²) in [7, 11) is 0. The molecule has 2 aliphatic rings. The largest absolute Gasteiger partial charge is 0.487 e. The van der Waals surface area contributed by atoms with Crippen LogP contribution < -0.4 is 4.74 Å². The predicted molar refractivity (Wildman–Crippen MR) is 99.1 cm³/mol. The number of rotatable bonds is 5. The van der Waals surface area contributed by atoms with Gasteiger partial charge in [0.1, 0.15) is 12.4 Å². The number of amides is 1. The second-order valence-corrected chi connectivity index (χ2v) is 7.15. The van der Waals surface area contributed by atoms with Crippen LogP contribution >= 0.6 is 0 Å². The number of piperidine rings is 1. The molecule has 0 bridgehead atoms. The number of hydrogen-bond acceptors (Lipinski definition) is 4. The lowest BCUT2D eigenvalue weighted by Gasteiger charge is -2.36. The van der Waals surface area contributed by atoms with Gasteiger partial charge in [-0.3, -0.25) is 9.89 Å². The topological polar surface area (TPSA) is 61.5 Å². The average Bonchev–Trinajstić information content (AvgIpc) is 3.39. The summed E-state index contributed by atoms with van der Waals surface area (Å²) in [6.07, 6.45) is 4.78. The van der Waals surface area contributed by atoms with E-state index in [0.717, 1.165) is 37.4 Å². The van der Waals surface area contributed by atoms with Crippen molar-refractivity contribution in [3.63, 3.8) is 0 Å². The van der Waals surface area contributed by atoms with Crippen molar-refractivity contribution < 1.29 is 9.53 Å². The fourth-order valence-corrected chi connectivity index (χ4v) is 3.93. The van der Waals surface area contributed by atoms with Gasteiger partial charge < -0.3 is 14.5 Å². The first-order chi connectivity index (χ1) is 12.8. The lowest BCUT2D eigenvalue weighted by atomic mass is 10.0. The molecule has 2 aromatic rings. The summed E-state index contributed by atoms with van der Waals surface area (Å²) in [5.41, 5.74) is 1.29. The van der Waals surface area contributed by atoms with Crippen LogP contribution in [-0.2, 0) is 6.61 Å². The van der Waals surface area contributed by atoms with Gasteiger partial charge in [-0.25, -0.2) is 0 Å². The van der Waals surface area contributed by atoms with Crippen molar-refractivity contribution in [2.75, 3.05) is 26.2 Å². The van der Waals surface area contributed by atoms with Crippen LogP contribution in [0.4, 0.5) is 0 Å². The van der Waals surface area contributed by atoms with Gasteiger partial charge in [0.15, 0.2) is 5.69 Å². The van der Waals surface area contributed by atoms with Gasteiger partial charge >= 0.3 is 0 Å². The van der Waals surface area contributed by atoms with Gasteiger partial charge in [-0.05, 0) is 57.0 Å². The van der Waals surface area contributed by atoms with E-state index in [1.807, 2.05) is 35.2 Å². The third-order valence-electron chi connectivity index (χ3n) is 5.40. The molecule has 0 unspecified atom stereocenters. The molecule has 0 radical (unpaired) electrons. The van der Waals surface area contributed by atoms with Gasteiger partial charge in [0, 0.05) is 19.1 Å². The molecule has 26 heavy (non-hydrogen) atoms. The molecule has 0 aliphatic carbocycles. The maximum absolute atomic E-state index is 12.7. The molecule has 2 saturated heterocycles. The van der Waals surface area contributed by atoms with Crippen LogP contribution in [0.15, 0.2) is 36.4 Å². The molecule has 6 nitrogen and oxygen atoms in total. The maximum atomic E-state index is 12.7. The van der Waals surface area contributed by atoms with Crippen molar-refractivity contribution >= 4 is 5.91 Å². The van der Waals surface area contributed by atoms with Crippen LogP contribution in [0, 0.1) is 0 Å². The normalized spacial score (nSPS) is 19.0. The fourth-order valence-electron chi connectivity index (χ4n) is 3.93. The Bertz CT molecular complexity index is 716. The molecule has 1 aromatic carbocycles. The quantitative estimate of drug-likeness (QED) is 0.897. The minimum absolute atomic E-state index is 0.0204. The molecule has 138 valence electrons. The monoisotopic (exact) mass is 354 g/mol. The van der Waals surface area contributed by atoms with Gasteiger partial charge in [0.05, 0.1) is 5.69 Å². The van der Waals surface area contributed by atoms with Gasteiger partial charge in [-0.15, -0.1) is 0 Å². The first-order valence-electron chi connectivity index (χ1n) is 9.55. The van der Waals surface area contributed by atoms with Crippen LogP contribution in [0.5, 0.6) is 5.75 Å². The maximum Gasteiger partial charge on any atom is 0.274 e. The van der Waals surface area contributed by atoms with Crippen LogP contribution in [0.2, 0.25) is 0 Å². The van der Waals surface area contributed by atoms with E-state index in [2.05, 4.69) is 15.1 Å². The molecule has 4 rings (SSSR count). The fraction of sp³-hybridized carbons (Fsp3) is 0.500. The highest BCUT2D eigenvalue weighted by atomic mass is 16.5. The first kappa shape index (κ1) is 17.1. The summed E-state index contributed by atoms with van der Waals surface area (Å²) in [5, 5.41) is 7.11. The van der Waals surface area contributed by atoms with Gasteiger partial charge in [0.25, 0.3) is 5.91 Å². The lowest BCUT2D eigenvalue weighted by molar-refractivity contribution is 0.0639. The van der Waals surface area contributed by atoms with Crippen molar-refractivity contribution in [3.8, 4) is 5.75 Å². The molecule has 0 atom stereocenters. The van der Waals surface area contributed by atoms with E-state index in [0.29, 0.717) is 18.3 Å². The number of aromatic amines is 1. The van der Waals surface area contributed by atoms with Crippen molar-refractivity contribution in [1.29, 1.82) is 0 Å². The molecule has 3 heterocycles. The van der Waals surface area contributed by atoms with Gasteiger partial charge in [-0.2, -0.15) is 5.10 Å². The highest BCUT2D eigenvalue weighted by molar-refractivity contribution is 5.92. The summed E-state index contributed by atoms with van der Waals surface area (Å²) >= 11 is 0. The van der Waals surface area contributed by atoms with Crippen LogP contribution in [0.3, 0.4) is 0 Å². The Balaban J connectivity index is 1.29. The second kappa shape index (κ2) is 7.91. The minimum atomic E-state index is 0.0204. The summed E-state index contributed by atoms with van der Waals surface area (Å²) in [4.78, 5) is 17.2. The number of hydrogen-bond donors (Lipinski definition) is 1. The Hall–Kier alpha value is -2.34. The smallest absolute Gasteiger partial charge is 0.274 e. The molecule has 1 N–H and O–H groups in total. The Kier molecular flexibility index (Phi) is 5.20. The third kappa shape index (κ3) is 3.90. The molecule has 1 aromatic heterocycles. The number of nitrogens with one attached hydrogen (secondary N) is 1. The summed E-state index contributed by atoms with van der Waals surface area (Å²) < 4.78 is 5.70. The van der Waals surface area contributed by atoms with Crippen molar-refractivity contribution in [3.05, 3.63) is 47.8 Å². The lowest BCUT2D eigenvalue weighted by Crippen LogP contribution is -2.46. The molecule has 6 heteroatoms. The van der Waals surface area contributed by atoms with Crippen molar-refractivity contribution in [2.24, 2.45) is 0 Å². The zero-order valence-electron chi connectivity index (χ0n) is 15.1. The Labute approximate surface area is 154 Å². The zero-order valence-corrected chi connectivity index (χ0v) is 15.1. The standard InChI is InChI=1S/C20H26N4O2/c25-20(24-12-8-17(9-13-24)23-10-4-5-11-23)19-14-16(21-22-19)15-26-18-6-2-1-3-7-18/h1-3,6-7,14,17H,4-5,8-13,15H2,(H,21,22). The van der Waals surface area contributed by atoms with E-state index in [4.69, 9.17) is 4.74 Å². The summed E-state index contributed by atoms with van der Waals surface area (Å²) in [6, 6.07) is 12.1. The van der Waals surface area contributed by atoms with Crippen LogP contribution in [0.1, 0.15) is 41.9 Å². The molecular weight excluding hydrogens is 328 g/mol. The molecular formula is C20H26N4O2. The number of likely N-dealkylation sites (tertiary alicyclic amines) is 2. The number of H-pyrrole nitrogens is 1. The predicted octanol–water partition coefficient (Wildman–Crippen LogP) is 2.69. The van der Waals surface area contributed by atoms with Crippen molar-refractivity contribution in [2.45, 2.75) is 38.3 Å². The van der Waals surface area contributed by atoms with Crippen LogP contribution in [-0.4, -0.2) is 58.1 Å². The van der Waals surface area contributed by atoms with Crippen LogP contribution in [0.25, 0.3) is 0 Å². The Morgan fingerprint density at radius 3 is 2.58 bits per heavy atom. The van der Waals surface area contributed by atoms with E-state index in [1.165, 1.54) is 25.9 Å². The van der Waals surface area contributed by atoms with E-state index >= 15 is 0 Å². The van der Waals surface area contributed by atoms with E-state index < -0.39 is 0 Å². The van der Waals surface area contributed by atoms with E-state index in [1.54, 1.807) is 6.07 Å². The number of ether oxygens (including phenoxy) is 1. The number of nitrogens with zero attached hydrogens (tertiary/aromatic N) is 3. The molecule has 0 spiro atoms. The highest BCUT2D eigenvalue weighted by Crippen LogP contribution is 2.22. The van der Waals surface area contributed by atoms with Crippen molar-refractivity contribution in [1.82, 2.24) is 20.0 Å². The highest BCUT2D eigenvalue weighted by Gasteiger charge is 2.29. The summed E-state index contributed by atoms with van der Waals surface area (Å²) in [5.74, 6) is 0.825. The SMILES string of the molecule is O=C(c1cc(COc2ccccc2)[nH]n1)N1CCC(N2CCCC2)CC1. The molecule has 1 amide bonds. The molecule has 0 saturated carbocycles. The number of benzene rings is 1. The zero-order chi connectivity index (χ0) is 17.8. The van der Waals surface area contributed by atoms with E-state index in [-0.39, 0.29) is 5.91 Å². The Morgan fingerprint density at radius 2 is 1.85 bits per heavy atom.